The Morgan fingerprint density at radius 2 is 1.87 bits per heavy atom. The summed E-state index contributed by atoms with van der Waals surface area (Å²) >= 11 is 6.04. The number of likely N-dealkylation sites (N-methyl/N-ethyl adjacent to an activating group) is 1. The molecule has 11 heteroatoms. The molecule has 200 valence electrons. The van der Waals surface area contributed by atoms with E-state index in [4.69, 9.17) is 11.6 Å². The fraction of sp³-hybridized carbons (Fsp3) is 0.370. The highest BCUT2D eigenvalue weighted by Crippen LogP contribution is 2.36. The quantitative estimate of drug-likeness (QED) is 0.463. The lowest BCUT2D eigenvalue weighted by atomic mass is 9.89. The Balaban J connectivity index is 1.42. The van der Waals surface area contributed by atoms with Gasteiger partial charge in [0.25, 0.3) is 0 Å². The summed E-state index contributed by atoms with van der Waals surface area (Å²) in [6.07, 6.45) is 2.82. The van der Waals surface area contributed by atoms with E-state index in [1.807, 2.05) is 12.1 Å². The first-order valence-electron chi connectivity index (χ1n) is 12.6. The van der Waals surface area contributed by atoms with Crippen LogP contribution >= 0.6 is 11.6 Å². The maximum Gasteiger partial charge on any atom is 0.227 e. The summed E-state index contributed by atoms with van der Waals surface area (Å²) in [5.74, 6) is 0.0821. The number of sulfone groups is 1. The molecule has 1 fully saturated rings. The molecule has 0 unspecified atom stereocenters. The summed E-state index contributed by atoms with van der Waals surface area (Å²) in [7, 11) is -2.10. The van der Waals surface area contributed by atoms with Crippen molar-refractivity contribution in [1.82, 2.24) is 15.3 Å². The zero-order valence-corrected chi connectivity index (χ0v) is 22.6. The first-order valence-corrected chi connectivity index (χ1v) is 14.7. The van der Waals surface area contributed by atoms with Crippen molar-refractivity contribution in [2.24, 2.45) is 0 Å². The van der Waals surface area contributed by atoms with Crippen LogP contribution in [0.3, 0.4) is 0 Å². The standard InChI is InChI=1S/C27H29ClFN5O3S/c1-30-24(35)16-17-4-9-22(21(29)15-17)31-26-25-23(3-2-14-38(25,36)37)32-27(33-26)34-12-10-19(11-13-34)18-5-7-20(28)8-6-18/h4-9,15,19H,2-3,10-14,16H2,1H3,(H,30,35)(H,31,32,33). The number of fused-ring (bicyclic) bond motifs is 1. The molecule has 2 aliphatic heterocycles. The number of hydrogen-bond acceptors (Lipinski definition) is 7. The second-order valence-corrected chi connectivity index (χ2v) is 12.2. The molecule has 1 aromatic heterocycles. The summed E-state index contributed by atoms with van der Waals surface area (Å²) in [5, 5.41) is 6.15. The summed E-state index contributed by atoms with van der Waals surface area (Å²) in [5.41, 5.74) is 2.29. The molecule has 0 saturated carbocycles. The van der Waals surface area contributed by atoms with Gasteiger partial charge in [0.05, 0.1) is 23.6 Å². The zero-order chi connectivity index (χ0) is 26.9. The van der Waals surface area contributed by atoms with Crippen LogP contribution in [0, 0.1) is 5.82 Å². The Kier molecular flexibility index (Phi) is 7.54. The lowest BCUT2D eigenvalue weighted by Crippen LogP contribution is -2.35. The molecule has 1 amide bonds. The van der Waals surface area contributed by atoms with Gasteiger partial charge in [-0.15, -0.1) is 0 Å². The van der Waals surface area contributed by atoms with Crippen molar-refractivity contribution < 1.29 is 17.6 Å². The Bertz CT molecular complexity index is 1460. The third-order valence-corrected chi connectivity index (χ3v) is 9.24. The van der Waals surface area contributed by atoms with E-state index < -0.39 is 15.7 Å². The normalized spacial score (nSPS) is 17.1. The molecule has 1 saturated heterocycles. The van der Waals surface area contributed by atoms with Gasteiger partial charge < -0.3 is 15.5 Å². The lowest BCUT2D eigenvalue weighted by Gasteiger charge is -2.33. The van der Waals surface area contributed by atoms with E-state index in [9.17, 15) is 17.6 Å². The number of carbonyl (C=O) groups is 1. The summed E-state index contributed by atoms with van der Waals surface area (Å²) in [6, 6.07) is 12.3. The van der Waals surface area contributed by atoms with Gasteiger partial charge >= 0.3 is 0 Å². The van der Waals surface area contributed by atoms with Crippen molar-refractivity contribution in [3.8, 4) is 0 Å². The van der Waals surface area contributed by atoms with Crippen molar-refractivity contribution in [2.75, 3.05) is 36.1 Å². The molecule has 0 radical (unpaired) electrons. The van der Waals surface area contributed by atoms with Crippen LogP contribution in [-0.4, -0.2) is 50.2 Å². The summed E-state index contributed by atoms with van der Waals surface area (Å²) in [4.78, 5) is 23.0. The highest BCUT2D eigenvalue weighted by atomic mass is 35.5. The third-order valence-electron chi connectivity index (χ3n) is 7.11. The van der Waals surface area contributed by atoms with Crippen LogP contribution in [0.1, 0.15) is 42.0 Å². The highest BCUT2D eigenvalue weighted by Gasteiger charge is 2.32. The number of carbonyl (C=O) groups excluding carboxylic acids is 1. The maximum atomic E-state index is 15.0. The topological polar surface area (TPSA) is 104 Å². The SMILES string of the molecule is CNC(=O)Cc1ccc(Nc2nc(N3CCC(c4ccc(Cl)cc4)CC3)nc3c2S(=O)(=O)CCC3)c(F)c1. The van der Waals surface area contributed by atoms with Gasteiger partial charge in [-0.3, -0.25) is 4.79 Å². The minimum Gasteiger partial charge on any atom is -0.359 e. The van der Waals surface area contributed by atoms with E-state index >= 15 is 0 Å². The number of halogens is 2. The first-order chi connectivity index (χ1) is 18.2. The number of aromatic nitrogens is 2. The summed E-state index contributed by atoms with van der Waals surface area (Å²) < 4.78 is 41.0. The highest BCUT2D eigenvalue weighted by molar-refractivity contribution is 7.91. The van der Waals surface area contributed by atoms with E-state index in [1.165, 1.54) is 24.7 Å². The van der Waals surface area contributed by atoms with Gasteiger partial charge in [0, 0.05) is 25.2 Å². The van der Waals surface area contributed by atoms with Crippen LogP contribution in [0.5, 0.6) is 0 Å². The van der Waals surface area contributed by atoms with Gasteiger partial charge in [-0.2, -0.15) is 4.98 Å². The molecular formula is C27H29ClFN5O3S. The van der Waals surface area contributed by atoms with E-state index in [2.05, 4.69) is 37.6 Å². The first kappa shape index (κ1) is 26.4. The monoisotopic (exact) mass is 557 g/mol. The van der Waals surface area contributed by atoms with Gasteiger partial charge in [-0.05, 0) is 67.0 Å². The lowest BCUT2D eigenvalue weighted by molar-refractivity contribution is -0.119. The van der Waals surface area contributed by atoms with Gasteiger partial charge in [0.15, 0.2) is 15.7 Å². The minimum absolute atomic E-state index is 0.00256. The number of nitrogens with zero attached hydrogens (tertiary/aromatic N) is 3. The molecule has 3 aromatic rings. The molecule has 0 aliphatic carbocycles. The number of anilines is 3. The van der Waals surface area contributed by atoms with Crippen LogP contribution in [0.15, 0.2) is 47.4 Å². The average molecular weight is 558 g/mol. The Morgan fingerprint density at radius 3 is 2.55 bits per heavy atom. The van der Waals surface area contributed by atoms with E-state index in [0.717, 1.165) is 12.8 Å². The fourth-order valence-electron chi connectivity index (χ4n) is 5.06. The number of rotatable bonds is 6. The van der Waals surface area contributed by atoms with Crippen molar-refractivity contribution in [3.05, 3.63) is 70.1 Å². The van der Waals surface area contributed by atoms with Gasteiger partial charge in [0.1, 0.15) is 10.7 Å². The van der Waals surface area contributed by atoms with Gasteiger partial charge in [-0.25, -0.2) is 17.8 Å². The molecule has 2 N–H and O–H groups in total. The second kappa shape index (κ2) is 10.9. The Morgan fingerprint density at radius 1 is 1.13 bits per heavy atom. The van der Waals surface area contributed by atoms with Crippen molar-refractivity contribution in [1.29, 1.82) is 0 Å². The molecule has 0 bridgehead atoms. The van der Waals surface area contributed by atoms with E-state index in [1.54, 1.807) is 6.07 Å². The number of hydrogen-bond donors (Lipinski definition) is 2. The third kappa shape index (κ3) is 5.61. The molecule has 3 heterocycles. The predicted molar refractivity (Wildman–Crippen MR) is 145 cm³/mol. The molecule has 0 spiro atoms. The van der Waals surface area contributed by atoms with Crippen molar-refractivity contribution in [3.63, 3.8) is 0 Å². The van der Waals surface area contributed by atoms with Crippen LogP contribution in [0.2, 0.25) is 5.02 Å². The van der Waals surface area contributed by atoms with Crippen LogP contribution in [-0.2, 0) is 27.5 Å². The summed E-state index contributed by atoms with van der Waals surface area (Å²) in [6.45, 7) is 1.42. The zero-order valence-electron chi connectivity index (χ0n) is 21.0. The predicted octanol–water partition coefficient (Wildman–Crippen LogP) is 4.41. The molecule has 0 atom stereocenters. The Hall–Kier alpha value is -3.24. The second-order valence-electron chi connectivity index (χ2n) is 9.67. The Labute approximate surface area is 226 Å². The smallest absolute Gasteiger partial charge is 0.227 e. The number of nitrogens with one attached hydrogen (secondary N) is 2. The fourth-order valence-corrected chi connectivity index (χ4v) is 6.81. The molecule has 38 heavy (non-hydrogen) atoms. The molecular weight excluding hydrogens is 529 g/mol. The number of piperidine rings is 1. The van der Waals surface area contributed by atoms with Crippen LogP contribution < -0.4 is 15.5 Å². The maximum absolute atomic E-state index is 15.0. The minimum atomic E-state index is -3.62. The number of amides is 1. The average Bonchev–Trinajstić information content (AvgIpc) is 2.90. The van der Waals surface area contributed by atoms with Crippen LogP contribution in [0.25, 0.3) is 0 Å². The molecule has 5 rings (SSSR count). The van der Waals surface area contributed by atoms with Crippen LogP contribution in [0.4, 0.5) is 21.8 Å². The molecule has 2 aromatic carbocycles. The largest absolute Gasteiger partial charge is 0.359 e. The van der Waals surface area contributed by atoms with E-state index in [-0.39, 0.29) is 34.5 Å². The number of benzene rings is 2. The van der Waals surface area contributed by atoms with Gasteiger partial charge in [-0.1, -0.05) is 29.8 Å². The van der Waals surface area contributed by atoms with E-state index in [0.29, 0.717) is 54.1 Å². The van der Waals surface area contributed by atoms with Gasteiger partial charge in [0.2, 0.25) is 11.9 Å². The molecule has 8 nitrogen and oxygen atoms in total. The van der Waals surface area contributed by atoms with Crippen molar-refractivity contribution >= 4 is 44.8 Å². The van der Waals surface area contributed by atoms with Crippen molar-refractivity contribution in [2.45, 2.75) is 42.9 Å². The number of aryl methyl sites for hydroxylation is 1. The molecule has 2 aliphatic rings.